The molecule has 0 radical (unpaired) electrons. The van der Waals surface area contributed by atoms with Gasteiger partial charge in [-0.3, -0.25) is 9.69 Å². The van der Waals surface area contributed by atoms with Crippen molar-refractivity contribution in [2.45, 2.75) is 38.1 Å². The maximum absolute atomic E-state index is 12.8. The summed E-state index contributed by atoms with van der Waals surface area (Å²) in [6, 6.07) is 3.24. The van der Waals surface area contributed by atoms with Gasteiger partial charge in [0, 0.05) is 57.4 Å². The Bertz CT molecular complexity index is 923. The van der Waals surface area contributed by atoms with Crippen LogP contribution in [0.4, 0.5) is 5.69 Å². The average Bonchev–Trinajstić information content (AvgIpc) is 2.78. The van der Waals surface area contributed by atoms with Crippen LogP contribution in [-0.2, 0) is 9.53 Å². The first-order chi connectivity index (χ1) is 16.2. The van der Waals surface area contributed by atoms with Crippen molar-refractivity contribution in [1.82, 2.24) is 9.80 Å². The highest BCUT2D eigenvalue weighted by Gasteiger charge is 2.23. The van der Waals surface area contributed by atoms with Crippen LogP contribution < -0.4 is 5.32 Å². The Labute approximate surface area is 200 Å². The van der Waals surface area contributed by atoms with Crippen molar-refractivity contribution in [3.8, 4) is 5.75 Å². The minimum atomic E-state index is -1.54. The number of carbonyl (C=O) groups is 2. The number of aliphatic hydroxyl groups excluding tert-OH is 2. The first-order valence-electron chi connectivity index (χ1n) is 11.7. The number of hydrogen-bond acceptors (Lipinski definition) is 9. The summed E-state index contributed by atoms with van der Waals surface area (Å²) < 4.78 is 5.46. The molecule has 0 spiro atoms. The van der Waals surface area contributed by atoms with Gasteiger partial charge in [-0.15, -0.1) is 0 Å². The average molecular weight is 474 g/mol. The number of benzene rings is 1. The van der Waals surface area contributed by atoms with Crippen molar-refractivity contribution in [3.63, 3.8) is 0 Å². The third-order valence-corrected chi connectivity index (χ3v) is 6.09. The number of anilines is 1. The van der Waals surface area contributed by atoms with Gasteiger partial charge in [0.05, 0.1) is 6.10 Å². The molecule has 1 saturated heterocycles. The first-order valence-corrected chi connectivity index (χ1v) is 11.7. The van der Waals surface area contributed by atoms with Crippen LogP contribution in [0.15, 0.2) is 30.4 Å². The third kappa shape index (κ3) is 7.14. The van der Waals surface area contributed by atoms with Crippen LogP contribution in [0.5, 0.6) is 5.75 Å². The Balaban J connectivity index is 1.78. The Kier molecular flexibility index (Phi) is 9.23. The molecule has 1 fully saturated rings. The molecule has 4 N–H and O–H groups in total. The predicted octanol–water partition coefficient (Wildman–Crippen LogP) is 1.25. The highest BCUT2D eigenvalue weighted by atomic mass is 16.5. The summed E-state index contributed by atoms with van der Waals surface area (Å²) in [7, 11) is 2.11. The number of phenolic OH excluding ortho intramolecular Hbond substituents is 1. The van der Waals surface area contributed by atoms with E-state index in [-0.39, 0.29) is 24.2 Å². The monoisotopic (exact) mass is 473 g/mol. The molecular formula is C25H35N3O6. The van der Waals surface area contributed by atoms with Crippen molar-refractivity contribution in [2.75, 3.05) is 51.6 Å². The minimum absolute atomic E-state index is 0.00649. The lowest BCUT2D eigenvalue weighted by molar-refractivity contribution is -0.127. The van der Waals surface area contributed by atoms with Crippen LogP contribution in [0.25, 0.3) is 6.08 Å². The van der Waals surface area contributed by atoms with Crippen LogP contribution in [0.2, 0.25) is 0 Å². The zero-order chi connectivity index (χ0) is 24.7. The van der Waals surface area contributed by atoms with Gasteiger partial charge in [0.1, 0.15) is 23.5 Å². The number of rotatable bonds is 4. The maximum atomic E-state index is 12.8. The van der Waals surface area contributed by atoms with E-state index in [0.29, 0.717) is 17.8 Å². The summed E-state index contributed by atoms with van der Waals surface area (Å²) in [6.07, 6.45) is 2.66. The standard InChI is InChI=1S/C25H35N3O6/c1-17-5-3-7-20(29)24(32)21(30)8-4-6-18-15-19(16-22(31)23(18)25(33)34-17)26-9-10-28-13-11-27(2)12-14-28/h3-4,6-7,15-17,21,24,26,30-32H,5,8-14H2,1-2H3/b6-4+,7-3-. The second-order valence-electron chi connectivity index (χ2n) is 8.94. The van der Waals surface area contributed by atoms with E-state index in [4.69, 9.17) is 4.74 Å². The number of aliphatic hydroxyl groups is 2. The van der Waals surface area contributed by atoms with Gasteiger partial charge in [-0.1, -0.05) is 18.2 Å². The second kappa shape index (κ2) is 12.1. The van der Waals surface area contributed by atoms with E-state index >= 15 is 0 Å². The molecule has 0 saturated carbocycles. The summed E-state index contributed by atoms with van der Waals surface area (Å²) in [4.78, 5) is 29.5. The Morgan fingerprint density at radius 3 is 2.50 bits per heavy atom. The summed E-state index contributed by atoms with van der Waals surface area (Å²) in [5, 5.41) is 34.2. The van der Waals surface area contributed by atoms with Gasteiger partial charge in [-0.05, 0) is 38.1 Å². The number of nitrogens with one attached hydrogen (secondary N) is 1. The molecule has 0 amide bonds. The minimum Gasteiger partial charge on any atom is -0.507 e. The molecule has 9 nitrogen and oxygen atoms in total. The number of hydrogen-bond donors (Lipinski definition) is 4. The van der Waals surface area contributed by atoms with E-state index < -0.39 is 30.1 Å². The molecule has 0 aromatic heterocycles. The molecule has 0 bridgehead atoms. The van der Waals surface area contributed by atoms with Gasteiger partial charge in [0.2, 0.25) is 0 Å². The molecule has 3 unspecified atom stereocenters. The molecule has 1 aromatic rings. The molecule has 0 aliphatic carbocycles. The zero-order valence-electron chi connectivity index (χ0n) is 19.8. The zero-order valence-corrected chi connectivity index (χ0v) is 19.8. The van der Waals surface area contributed by atoms with Crippen LogP contribution in [0.1, 0.15) is 35.7 Å². The number of ketones is 1. The number of ether oxygens (including phenoxy) is 1. The molecule has 9 heteroatoms. The lowest BCUT2D eigenvalue weighted by Gasteiger charge is -2.32. The second-order valence-corrected chi connectivity index (χ2v) is 8.94. The SMILES string of the molecule is CC1C/C=C\C(=O)C(O)C(O)C/C=C/c2cc(NCCN3CCN(C)CC3)cc(O)c2C(=O)O1. The van der Waals surface area contributed by atoms with Gasteiger partial charge in [-0.25, -0.2) is 4.79 Å². The molecule has 2 aliphatic heterocycles. The number of carbonyl (C=O) groups excluding carboxylic acids is 2. The number of aromatic hydroxyl groups is 1. The molecule has 186 valence electrons. The van der Waals surface area contributed by atoms with Crippen LogP contribution >= 0.6 is 0 Å². The largest absolute Gasteiger partial charge is 0.507 e. The summed E-state index contributed by atoms with van der Waals surface area (Å²) in [5.41, 5.74) is 1.09. The number of nitrogens with zero attached hydrogens (tertiary/aromatic N) is 2. The normalized spacial score (nSPS) is 27.4. The highest BCUT2D eigenvalue weighted by molar-refractivity contribution is 5.97. The van der Waals surface area contributed by atoms with Gasteiger partial charge in [0.15, 0.2) is 5.78 Å². The fourth-order valence-electron chi connectivity index (χ4n) is 3.95. The van der Waals surface area contributed by atoms with Crippen molar-refractivity contribution in [3.05, 3.63) is 41.5 Å². The van der Waals surface area contributed by atoms with E-state index in [0.717, 1.165) is 32.7 Å². The fraction of sp³-hybridized carbons (Fsp3) is 0.520. The molecule has 2 heterocycles. The van der Waals surface area contributed by atoms with Crippen molar-refractivity contribution in [2.24, 2.45) is 0 Å². The molecule has 3 atom stereocenters. The van der Waals surface area contributed by atoms with Gasteiger partial charge >= 0.3 is 5.97 Å². The van der Waals surface area contributed by atoms with Crippen LogP contribution in [-0.4, -0.2) is 102 Å². The fourth-order valence-corrected chi connectivity index (χ4v) is 3.95. The number of esters is 1. The van der Waals surface area contributed by atoms with E-state index in [1.807, 2.05) is 0 Å². The van der Waals surface area contributed by atoms with E-state index in [1.54, 1.807) is 25.1 Å². The van der Waals surface area contributed by atoms with Crippen molar-refractivity contribution in [1.29, 1.82) is 0 Å². The van der Waals surface area contributed by atoms with Crippen LogP contribution in [0.3, 0.4) is 0 Å². The lowest BCUT2D eigenvalue weighted by Crippen LogP contribution is -2.45. The number of piperazine rings is 1. The Morgan fingerprint density at radius 2 is 1.76 bits per heavy atom. The third-order valence-electron chi connectivity index (χ3n) is 6.09. The summed E-state index contributed by atoms with van der Waals surface area (Å²) >= 11 is 0. The number of likely N-dealkylation sites (N-methyl/N-ethyl adjacent to an activating group) is 1. The van der Waals surface area contributed by atoms with Crippen molar-refractivity contribution < 1.29 is 29.6 Å². The molecule has 3 rings (SSSR count). The topological polar surface area (TPSA) is 123 Å². The van der Waals surface area contributed by atoms with E-state index in [1.165, 1.54) is 18.2 Å². The van der Waals surface area contributed by atoms with Crippen LogP contribution in [0, 0.1) is 0 Å². The van der Waals surface area contributed by atoms with Gasteiger partial charge in [0.25, 0.3) is 0 Å². The van der Waals surface area contributed by atoms with E-state index in [9.17, 15) is 24.9 Å². The van der Waals surface area contributed by atoms with Gasteiger partial charge < -0.3 is 30.3 Å². The highest BCUT2D eigenvalue weighted by Crippen LogP contribution is 2.29. The summed E-state index contributed by atoms with van der Waals surface area (Å²) in [5.74, 6) is -1.49. The molecule has 1 aromatic carbocycles. The Morgan fingerprint density at radius 1 is 1.06 bits per heavy atom. The smallest absolute Gasteiger partial charge is 0.342 e. The molecular weight excluding hydrogens is 438 g/mol. The summed E-state index contributed by atoms with van der Waals surface area (Å²) in [6.45, 7) is 7.28. The van der Waals surface area contributed by atoms with Crippen molar-refractivity contribution >= 4 is 23.5 Å². The molecule has 2 aliphatic rings. The number of fused-ring (bicyclic) bond motifs is 1. The van der Waals surface area contributed by atoms with E-state index in [2.05, 4.69) is 22.2 Å². The predicted molar refractivity (Wildman–Crippen MR) is 130 cm³/mol. The Hall–Kier alpha value is -2.72. The number of cyclic esters (lactones) is 1. The first kappa shape index (κ1) is 25.9. The quantitative estimate of drug-likeness (QED) is 0.479. The lowest BCUT2D eigenvalue weighted by atomic mass is 10.0. The van der Waals surface area contributed by atoms with Gasteiger partial charge in [-0.2, -0.15) is 0 Å². The number of phenols is 1. The molecule has 34 heavy (non-hydrogen) atoms. The maximum Gasteiger partial charge on any atom is 0.342 e.